The van der Waals surface area contributed by atoms with Gasteiger partial charge in [0, 0.05) is 6.42 Å². The van der Waals surface area contributed by atoms with E-state index in [0.717, 1.165) is 19.5 Å². The van der Waals surface area contributed by atoms with Crippen LogP contribution in [0.3, 0.4) is 0 Å². The molecule has 0 aliphatic carbocycles. The molecule has 1 fully saturated rings. The summed E-state index contributed by atoms with van der Waals surface area (Å²) in [5.41, 5.74) is 0.237. The van der Waals surface area contributed by atoms with Gasteiger partial charge in [0.25, 0.3) is 0 Å². The van der Waals surface area contributed by atoms with Gasteiger partial charge in [0.2, 0.25) is 15.9 Å². The van der Waals surface area contributed by atoms with Crippen molar-refractivity contribution in [1.82, 2.24) is 5.32 Å². The molecule has 2 rings (SSSR count). The van der Waals surface area contributed by atoms with E-state index in [-0.39, 0.29) is 16.5 Å². The topological polar surface area (TPSA) is 101 Å². The number of hydrogen-bond donors (Lipinski definition) is 3. The van der Waals surface area contributed by atoms with Gasteiger partial charge in [-0.05, 0) is 37.6 Å². The molecule has 1 heterocycles. The van der Waals surface area contributed by atoms with E-state index in [0.29, 0.717) is 12.3 Å². The SMILES string of the molecule is NS(=O)(=O)c1ccccc1NC(=O)CC1CCNC1. The number of hydrogen-bond acceptors (Lipinski definition) is 4. The molecule has 0 spiro atoms. The molecular formula is C12H17N3O3S. The summed E-state index contributed by atoms with van der Waals surface area (Å²) < 4.78 is 22.8. The van der Waals surface area contributed by atoms with Crippen LogP contribution in [-0.4, -0.2) is 27.4 Å². The third-order valence-corrected chi connectivity index (χ3v) is 4.07. The Labute approximate surface area is 112 Å². The van der Waals surface area contributed by atoms with Crippen LogP contribution in [0.15, 0.2) is 29.2 Å². The minimum Gasteiger partial charge on any atom is -0.325 e. The summed E-state index contributed by atoms with van der Waals surface area (Å²) in [4.78, 5) is 11.8. The lowest BCUT2D eigenvalue weighted by Gasteiger charge is -2.11. The van der Waals surface area contributed by atoms with Crippen LogP contribution >= 0.6 is 0 Å². The fraction of sp³-hybridized carbons (Fsp3) is 0.417. The molecule has 1 saturated heterocycles. The summed E-state index contributed by atoms with van der Waals surface area (Å²) in [5, 5.41) is 10.9. The molecule has 4 N–H and O–H groups in total. The van der Waals surface area contributed by atoms with Crippen LogP contribution < -0.4 is 15.8 Å². The summed E-state index contributed by atoms with van der Waals surface area (Å²) in [6, 6.07) is 6.13. The highest BCUT2D eigenvalue weighted by Gasteiger charge is 2.20. The first-order chi connectivity index (χ1) is 8.97. The zero-order valence-electron chi connectivity index (χ0n) is 10.4. The van der Waals surface area contributed by atoms with Crippen molar-refractivity contribution in [1.29, 1.82) is 0 Å². The number of sulfonamides is 1. The third-order valence-electron chi connectivity index (χ3n) is 3.10. The summed E-state index contributed by atoms with van der Waals surface area (Å²) in [6.07, 6.45) is 1.34. The van der Waals surface area contributed by atoms with E-state index >= 15 is 0 Å². The average molecular weight is 283 g/mol. The van der Waals surface area contributed by atoms with E-state index in [2.05, 4.69) is 10.6 Å². The zero-order chi connectivity index (χ0) is 13.9. The van der Waals surface area contributed by atoms with Crippen LogP contribution in [0.5, 0.6) is 0 Å². The standard InChI is InChI=1S/C12H17N3O3S/c13-19(17,18)11-4-2-1-3-10(11)15-12(16)7-9-5-6-14-8-9/h1-4,9,14H,5-8H2,(H,15,16)(H2,13,17,18). The van der Waals surface area contributed by atoms with E-state index in [1.54, 1.807) is 12.1 Å². The van der Waals surface area contributed by atoms with Gasteiger partial charge in [0.05, 0.1) is 5.69 Å². The van der Waals surface area contributed by atoms with Gasteiger partial charge in [0.15, 0.2) is 0 Å². The predicted octanol–water partition coefficient (Wildman–Crippen LogP) is 0.272. The van der Waals surface area contributed by atoms with E-state index < -0.39 is 10.0 Å². The van der Waals surface area contributed by atoms with Gasteiger partial charge in [-0.3, -0.25) is 4.79 Å². The highest BCUT2D eigenvalue weighted by Crippen LogP contribution is 2.20. The molecule has 104 valence electrons. The first-order valence-electron chi connectivity index (χ1n) is 6.09. The van der Waals surface area contributed by atoms with E-state index in [4.69, 9.17) is 5.14 Å². The van der Waals surface area contributed by atoms with Crippen LogP contribution in [-0.2, 0) is 14.8 Å². The Morgan fingerprint density at radius 2 is 2.16 bits per heavy atom. The molecule has 0 radical (unpaired) electrons. The number of primary sulfonamides is 1. The predicted molar refractivity (Wildman–Crippen MR) is 72.0 cm³/mol. The van der Waals surface area contributed by atoms with Crippen molar-refractivity contribution in [2.75, 3.05) is 18.4 Å². The lowest BCUT2D eigenvalue weighted by atomic mass is 10.0. The van der Waals surface area contributed by atoms with Gasteiger partial charge < -0.3 is 10.6 Å². The van der Waals surface area contributed by atoms with Crippen molar-refractivity contribution in [3.05, 3.63) is 24.3 Å². The van der Waals surface area contributed by atoms with Gasteiger partial charge in [0.1, 0.15) is 4.90 Å². The van der Waals surface area contributed by atoms with E-state index in [1.807, 2.05) is 0 Å². The molecule has 1 amide bonds. The van der Waals surface area contributed by atoms with E-state index in [9.17, 15) is 13.2 Å². The van der Waals surface area contributed by atoms with Crippen LogP contribution in [0.4, 0.5) is 5.69 Å². The monoisotopic (exact) mass is 283 g/mol. The largest absolute Gasteiger partial charge is 0.325 e. The lowest BCUT2D eigenvalue weighted by molar-refractivity contribution is -0.117. The molecule has 0 saturated carbocycles. The number of nitrogens with one attached hydrogen (secondary N) is 2. The molecule has 1 aromatic rings. The molecule has 6 nitrogen and oxygen atoms in total. The second-order valence-corrected chi connectivity index (χ2v) is 6.18. The maximum Gasteiger partial charge on any atom is 0.240 e. The third kappa shape index (κ3) is 3.76. The first kappa shape index (κ1) is 14.0. The summed E-state index contributed by atoms with van der Waals surface area (Å²) in [6.45, 7) is 1.75. The molecule has 0 aromatic heterocycles. The Morgan fingerprint density at radius 1 is 1.42 bits per heavy atom. The second-order valence-electron chi connectivity index (χ2n) is 4.65. The van der Waals surface area contributed by atoms with Gasteiger partial charge in [-0.25, -0.2) is 13.6 Å². The number of amides is 1. The quantitative estimate of drug-likeness (QED) is 0.738. The highest BCUT2D eigenvalue weighted by molar-refractivity contribution is 7.89. The maximum atomic E-state index is 11.9. The molecule has 1 aliphatic rings. The lowest BCUT2D eigenvalue weighted by Crippen LogP contribution is -2.21. The van der Waals surface area contributed by atoms with Gasteiger partial charge >= 0.3 is 0 Å². The van der Waals surface area contributed by atoms with Crippen LogP contribution in [0.25, 0.3) is 0 Å². The zero-order valence-corrected chi connectivity index (χ0v) is 11.2. The highest BCUT2D eigenvalue weighted by atomic mass is 32.2. The average Bonchev–Trinajstić information content (AvgIpc) is 2.81. The van der Waals surface area contributed by atoms with Crippen molar-refractivity contribution < 1.29 is 13.2 Å². The first-order valence-corrected chi connectivity index (χ1v) is 7.64. The summed E-state index contributed by atoms with van der Waals surface area (Å²) in [7, 11) is -3.83. The Hall–Kier alpha value is -1.44. The Balaban J connectivity index is 2.08. The summed E-state index contributed by atoms with van der Waals surface area (Å²) >= 11 is 0. The van der Waals surface area contributed by atoms with Crippen LogP contribution in [0.2, 0.25) is 0 Å². The Kier molecular flexibility index (Phi) is 4.18. The van der Waals surface area contributed by atoms with Crippen molar-refractivity contribution in [3.63, 3.8) is 0 Å². The number of rotatable bonds is 4. The Morgan fingerprint density at radius 3 is 2.79 bits per heavy atom. The van der Waals surface area contributed by atoms with Crippen molar-refractivity contribution in [2.24, 2.45) is 11.1 Å². The van der Waals surface area contributed by atoms with Gasteiger partial charge in [-0.15, -0.1) is 0 Å². The number of para-hydroxylation sites is 1. The fourth-order valence-corrected chi connectivity index (χ4v) is 2.86. The van der Waals surface area contributed by atoms with Crippen LogP contribution in [0, 0.1) is 5.92 Å². The maximum absolute atomic E-state index is 11.9. The molecule has 0 bridgehead atoms. The number of carbonyl (C=O) groups excluding carboxylic acids is 1. The number of benzene rings is 1. The normalized spacial score (nSPS) is 19.3. The number of anilines is 1. The minimum absolute atomic E-state index is 0.0621. The molecule has 1 aliphatic heterocycles. The Bertz CT molecular complexity index is 565. The van der Waals surface area contributed by atoms with E-state index in [1.165, 1.54) is 12.1 Å². The molecular weight excluding hydrogens is 266 g/mol. The summed E-state index contributed by atoms with van der Waals surface area (Å²) in [5.74, 6) is 0.117. The van der Waals surface area contributed by atoms with Crippen molar-refractivity contribution in [3.8, 4) is 0 Å². The number of nitrogens with two attached hydrogens (primary N) is 1. The molecule has 1 aromatic carbocycles. The fourth-order valence-electron chi connectivity index (χ4n) is 2.17. The van der Waals surface area contributed by atoms with Crippen molar-refractivity contribution >= 4 is 21.6 Å². The molecule has 1 atom stereocenters. The molecule has 19 heavy (non-hydrogen) atoms. The molecule has 7 heteroatoms. The van der Waals surface area contributed by atoms with Crippen LogP contribution in [0.1, 0.15) is 12.8 Å². The van der Waals surface area contributed by atoms with Gasteiger partial charge in [-0.1, -0.05) is 12.1 Å². The van der Waals surface area contributed by atoms with Gasteiger partial charge in [-0.2, -0.15) is 0 Å². The molecule has 1 unspecified atom stereocenters. The van der Waals surface area contributed by atoms with Crippen molar-refractivity contribution in [2.45, 2.75) is 17.7 Å². The smallest absolute Gasteiger partial charge is 0.240 e. The minimum atomic E-state index is -3.83. The number of carbonyl (C=O) groups is 1. The second kappa shape index (κ2) is 5.68.